The number of halogens is 2. The zero-order chi connectivity index (χ0) is 9.19. The van der Waals surface area contributed by atoms with E-state index < -0.39 is 12.5 Å². The second-order valence-electron chi connectivity index (χ2n) is 3.54. The molecule has 0 spiro atoms. The fourth-order valence-corrected chi connectivity index (χ4v) is 1.67. The number of alkyl halides is 2. The molecule has 0 saturated carbocycles. The Labute approximate surface area is 71.7 Å². The largest absolute Gasteiger partial charge is 0.325 e. The predicted octanol–water partition coefficient (Wildman–Crippen LogP) is 1.06. The fraction of sp³-hybridized carbons (Fsp3) is 1.00. The van der Waals surface area contributed by atoms with Gasteiger partial charge in [0.25, 0.3) is 5.92 Å². The lowest BCUT2D eigenvalue weighted by Crippen LogP contribution is -2.36. The molecular weight excluding hydrogens is 162 g/mol. The smallest absolute Gasteiger partial charge is 0.261 e. The Kier molecular flexibility index (Phi) is 3.01. The van der Waals surface area contributed by atoms with Gasteiger partial charge in [0.1, 0.15) is 0 Å². The molecule has 1 aliphatic rings. The van der Waals surface area contributed by atoms with Crippen molar-refractivity contribution in [3.8, 4) is 0 Å². The molecule has 1 atom stereocenters. The maximum atomic E-state index is 12.8. The summed E-state index contributed by atoms with van der Waals surface area (Å²) in [6, 6.07) is 0.0311. The van der Waals surface area contributed by atoms with Gasteiger partial charge in [0, 0.05) is 12.5 Å². The first-order chi connectivity index (χ1) is 5.55. The minimum atomic E-state index is -2.68. The summed E-state index contributed by atoms with van der Waals surface area (Å²) < 4.78 is 25.7. The minimum Gasteiger partial charge on any atom is -0.325 e. The third-order valence-corrected chi connectivity index (χ3v) is 2.50. The van der Waals surface area contributed by atoms with Gasteiger partial charge in [-0.2, -0.15) is 0 Å². The summed E-state index contributed by atoms with van der Waals surface area (Å²) in [6.45, 7) is 0.405. The van der Waals surface area contributed by atoms with E-state index in [0.717, 1.165) is 19.4 Å². The zero-order valence-corrected chi connectivity index (χ0v) is 7.39. The van der Waals surface area contributed by atoms with Gasteiger partial charge in [0.05, 0.1) is 6.54 Å². The van der Waals surface area contributed by atoms with Crippen molar-refractivity contribution < 1.29 is 8.78 Å². The second-order valence-corrected chi connectivity index (χ2v) is 3.54. The van der Waals surface area contributed by atoms with E-state index in [0.29, 0.717) is 0 Å². The van der Waals surface area contributed by atoms with E-state index in [4.69, 9.17) is 5.73 Å². The SMILES string of the molecule is CN1CCCC1CC(F)(F)CN. The lowest BCUT2D eigenvalue weighted by atomic mass is 10.1. The van der Waals surface area contributed by atoms with Crippen molar-refractivity contribution in [1.29, 1.82) is 0 Å². The molecule has 1 aliphatic heterocycles. The first-order valence-electron chi connectivity index (χ1n) is 4.33. The van der Waals surface area contributed by atoms with Gasteiger partial charge < -0.3 is 10.6 Å². The van der Waals surface area contributed by atoms with Crippen molar-refractivity contribution in [1.82, 2.24) is 4.90 Å². The van der Waals surface area contributed by atoms with Gasteiger partial charge in [-0.25, -0.2) is 8.78 Å². The van der Waals surface area contributed by atoms with Crippen LogP contribution < -0.4 is 5.73 Å². The molecule has 1 heterocycles. The monoisotopic (exact) mass is 178 g/mol. The van der Waals surface area contributed by atoms with E-state index in [-0.39, 0.29) is 12.5 Å². The topological polar surface area (TPSA) is 29.3 Å². The normalized spacial score (nSPS) is 26.5. The van der Waals surface area contributed by atoms with E-state index >= 15 is 0 Å². The van der Waals surface area contributed by atoms with Gasteiger partial charge >= 0.3 is 0 Å². The average Bonchev–Trinajstić information content (AvgIpc) is 2.36. The Morgan fingerprint density at radius 2 is 2.25 bits per heavy atom. The summed E-state index contributed by atoms with van der Waals surface area (Å²) in [5.41, 5.74) is 4.96. The van der Waals surface area contributed by atoms with Crippen molar-refractivity contribution in [2.45, 2.75) is 31.2 Å². The second kappa shape index (κ2) is 3.66. The van der Waals surface area contributed by atoms with Crippen LogP contribution in [-0.2, 0) is 0 Å². The molecule has 0 aromatic heterocycles. The van der Waals surface area contributed by atoms with Crippen molar-refractivity contribution in [3.05, 3.63) is 0 Å². The van der Waals surface area contributed by atoms with Crippen LogP contribution in [-0.4, -0.2) is 37.0 Å². The minimum absolute atomic E-state index is 0.0311. The maximum Gasteiger partial charge on any atom is 0.261 e. The number of nitrogens with zero attached hydrogens (tertiary/aromatic N) is 1. The third kappa shape index (κ3) is 2.38. The van der Waals surface area contributed by atoms with E-state index in [2.05, 4.69) is 0 Å². The van der Waals surface area contributed by atoms with Gasteiger partial charge in [-0.15, -0.1) is 0 Å². The Bertz CT molecular complexity index is 150. The van der Waals surface area contributed by atoms with Crippen molar-refractivity contribution in [3.63, 3.8) is 0 Å². The molecule has 4 heteroatoms. The van der Waals surface area contributed by atoms with Crippen LogP contribution in [0.25, 0.3) is 0 Å². The molecular formula is C8H16F2N2. The summed E-state index contributed by atoms with van der Waals surface area (Å²) in [7, 11) is 1.89. The maximum absolute atomic E-state index is 12.8. The molecule has 72 valence electrons. The van der Waals surface area contributed by atoms with Crippen LogP contribution in [0, 0.1) is 0 Å². The molecule has 0 aromatic carbocycles. The van der Waals surface area contributed by atoms with Gasteiger partial charge in [0.15, 0.2) is 0 Å². The highest BCUT2D eigenvalue weighted by Crippen LogP contribution is 2.26. The number of rotatable bonds is 3. The average molecular weight is 178 g/mol. The highest BCUT2D eigenvalue weighted by atomic mass is 19.3. The number of hydrogen-bond acceptors (Lipinski definition) is 2. The fourth-order valence-electron chi connectivity index (χ4n) is 1.67. The van der Waals surface area contributed by atoms with Gasteiger partial charge in [-0.05, 0) is 26.4 Å². The third-order valence-electron chi connectivity index (χ3n) is 2.50. The van der Waals surface area contributed by atoms with Crippen LogP contribution in [0.5, 0.6) is 0 Å². The molecule has 12 heavy (non-hydrogen) atoms. The molecule has 1 unspecified atom stereocenters. The summed E-state index contributed by atoms with van der Waals surface area (Å²) in [5.74, 6) is -2.68. The highest BCUT2D eigenvalue weighted by molar-refractivity contribution is 4.82. The number of hydrogen-bond donors (Lipinski definition) is 1. The van der Waals surface area contributed by atoms with Gasteiger partial charge in [-0.3, -0.25) is 0 Å². The molecule has 1 fully saturated rings. The summed E-state index contributed by atoms with van der Waals surface area (Å²) in [5, 5.41) is 0. The first-order valence-corrected chi connectivity index (χ1v) is 4.33. The molecule has 0 radical (unpaired) electrons. The molecule has 1 rings (SSSR count). The van der Waals surface area contributed by atoms with Crippen molar-refractivity contribution in [2.75, 3.05) is 20.1 Å². The van der Waals surface area contributed by atoms with E-state index in [1.54, 1.807) is 0 Å². The van der Waals surface area contributed by atoms with Crippen LogP contribution in [0.15, 0.2) is 0 Å². The van der Waals surface area contributed by atoms with E-state index in [1.165, 1.54) is 0 Å². The predicted molar refractivity (Wildman–Crippen MR) is 44.3 cm³/mol. The Morgan fingerprint density at radius 3 is 2.67 bits per heavy atom. The quantitative estimate of drug-likeness (QED) is 0.700. The van der Waals surface area contributed by atoms with Crippen LogP contribution >= 0.6 is 0 Å². The first kappa shape index (κ1) is 9.86. The molecule has 0 aromatic rings. The van der Waals surface area contributed by atoms with Gasteiger partial charge in [0.2, 0.25) is 0 Å². The molecule has 2 N–H and O–H groups in total. The zero-order valence-electron chi connectivity index (χ0n) is 7.39. The molecule has 0 amide bonds. The van der Waals surface area contributed by atoms with Crippen LogP contribution in [0.1, 0.15) is 19.3 Å². The summed E-state index contributed by atoms with van der Waals surface area (Å²) in [4.78, 5) is 1.99. The van der Waals surface area contributed by atoms with E-state index in [1.807, 2.05) is 11.9 Å². The van der Waals surface area contributed by atoms with Gasteiger partial charge in [-0.1, -0.05) is 0 Å². The molecule has 0 aliphatic carbocycles. The Morgan fingerprint density at radius 1 is 1.58 bits per heavy atom. The van der Waals surface area contributed by atoms with Crippen LogP contribution in [0.2, 0.25) is 0 Å². The standard InChI is InChI=1S/C8H16F2N2/c1-12-4-2-3-7(12)5-8(9,10)6-11/h7H,2-6,11H2,1H3. The highest BCUT2D eigenvalue weighted by Gasteiger charge is 2.34. The van der Waals surface area contributed by atoms with Crippen molar-refractivity contribution >= 4 is 0 Å². The number of likely N-dealkylation sites (tertiary alicyclic amines) is 1. The lowest BCUT2D eigenvalue weighted by Gasteiger charge is -2.23. The molecule has 0 bridgehead atoms. The van der Waals surface area contributed by atoms with E-state index in [9.17, 15) is 8.78 Å². The lowest BCUT2D eigenvalue weighted by molar-refractivity contribution is -0.0163. The molecule has 2 nitrogen and oxygen atoms in total. The summed E-state index contributed by atoms with van der Waals surface area (Å²) >= 11 is 0. The molecule has 1 saturated heterocycles. The van der Waals surface area contributed by atoms with Crippen LogP contribution in [0.3, 0.4) is 0 Å². The number of nitrogens with two attached hydrogens (primary N) is 1. The van der Waals surface area contributed by atoms with Crippen molar-refractivity contribution in [2.24, 2.45) is 5.73 Å². The van der Waals surface area contributed by atoms with Crippen LogP contribution in [0.4, 0.5) is 8.78 Å². The summed E-state index contributed by atoms with van der Waals surface area (Å²) in [6.07, 6.45) is 1.83. The Balaban J connectivity index is 2.39. The Hall–Kier alpha value is -0.220.